The molecule has 0 radical (unpaired) electrons. The van der Waals surface area contributed by atoms with Crippen LogP contribution >= 0.6 is 7.82 Å². The molecule has 0 spiro atoms. The summed E-state index contributed by atoms with van der Waals surface area (Å²) in [4.78, 5) is 40.2. The molecule has 494 valence electrons. The van der Waals surface area contributed by atoms with Gasteiger partial charge < -0.3 is 28.5 Å². The van der Waals surface area contributed by atoms with Crippen molar-refractivity contribution >= 4 is 19.7 Å². The van der Waals surface area contributed by atoms with Crippen LogP contribution in [0.3, 0.4) is 0 Å². The van der Waals surface area contributed by atoms with Gasteiger partial charge >= 0.3 is 5.97 Å². The molecule has 0 heterocycles. The lowest BCUT2D eigenvalue weighted by Crippen LogP contribution is -2.47. The Balaban J connectivity index is 5.08. The van der Waals surface area contributed by atoms with Gasteiger partial charge in [0.15, 0.2) is 0 Å². The molecule has 85 heavy (non-hydrogen) atoms. The van der Waals surface area contributed by atoms with Crippen molar-refractivity contribution in [1.29, 1.82) is 0 Å². The van der Waals surface area contributed by atoms with Crippen LogP contribution < -0.4 is 10.2 Å². The number of allylic oxidation sites excluding steroid dienone is 13. The summed E-state index contributed by atoms with van der Waals surface area (Å²) in [6, 6.07) is -0.895. The number of carbonyl (C=O) groups excluding carboxylic acids is 2. The quantitative estimate of drug-likeness (QED) is 0.0212. The first kappa shape index (κ1) is 82.2. The molecular weight excluding hydrogens is 1070 g/mol. The zero-order valence-corrected chi connectivity index (χ0v) is 57.4. The molecule has 3 unspecified atom stereocenters. The largest absolute Gasteiger partial charge is 0.756 e. The lowest BCUT2D eigenvalue weighted by molar-refractivity contribution is -0.870. The second kappa shape index (κ2) is 64.2. The van der Waals surface area contributed by atoms with Crippen LogP contribution in [-0.2, 0) is 27.9 Å². The zero-order chi connectivity index (χ0) is 62.1. The molecule has 0 aromatic carbocycles. The smallest absolute Gasteiger partial charge is 0.306 e. The molecule has 10 heteroatoms. The van der Waals surface area contributed by atoms with E-state index in [1.807, 2.05) is 33.3 Å². The Morgan fingerprint density at radius 3 is 1.14 bits per heavy atom. The number of ether oxygens (including phenoxy) is 1. The molecule has 0 aliphatic heterocycles. The van der Waals surface area contributed by atoms with Crippen molar-refractivity contribution in [2.45, 2.75) is 341 Å². The highest BCUT2D eigenvalue weighted by molar-refractivity contribution is 7.45. The first-order valence-corrected chi connectivity index (χ1v) is 37.4. The van der Waals surface area contributed by atoms with Crippen molar-refractivity contribution in [3.63, 3.8) is 0 Å². The average molecular weight is 1210 g/mol. The van der Waals surface area contributed by atoms with Crippen molar-refractivity contribution in [3.05, 3.63) is 85.1 Å². The lowest BCUT2D eigenvalue weighted by Gasteiger charge is -2.30. The number of nitrogens with one attached hydrogen (secondary N) is 1. The zero-order valence-electron chi connectivity index (χ0n) is 56.6. The molecular formula is C75H137N2O7P. The van der Waals surface area contributed by atoms with Gasteiger partial charge in [-0.1, -0.05) is 299 Å². The number of hydrogen-bond donors (Lipinski definition) is 1. The van der Waals surface area contributed by atoms with Gasteiger partial charge in [0.25, 0.3) is 7.82 Å². The van der Waals surface area contributed by atoms with Crippen molar-refractivity contribution in [2.75, 3.05) is 40.9 Å². The summed E-state index contributed by atoms with van der Waals surface area (Å²) in [5, 5.41) is 3.05. The number of amides is 1. The van der Waals surface area contributed by atoms with E-state index in [9.17, 15) is 19.0 Å². The van der Waals surface area contributed by atoms with Gasteiger partial charge in [-0.25, -0.2) is 0 Å². The van der Waals surface area contributed by atoms with Crippen LogP contribution in [-0.4, -0.2) is 69.4 Å². The minimum absolute atomic E-state index is 0.0250. The topological polar surface area (TPSA) is 114 Å². The van der Waals surface area contributed by atoms with Crippen LogP contribution in [0.4, 0.5) is 0 Å². The number of likely N-dealkylation sites (N-methyl/N-ethyl adjacent to an activating group) is 1. The maximum atomic E-state index is 13.6. The van der Waals surface area contributed by atoms with E-state index in [1.54, 1.807) is 0 Å². The van der Waals surface area contributed by atoms with Crippen LogP contribution in [0.1, 0.15) is 329 Å². The number of rotatable bonds is 65. The van der Waals surface area contributed by atoms with E-state index in [-0.39, 0.29) is 24.9 Å². The first-order valence-electron chi connectivity index (χ1n) is 35.9. The number of unbranched alkanes of at least 4 members (excludes halogenated alkanes) is 37. The summed E-state index contributed by atoms with van der Waals surface area (Å²) in [6.07, 6.45) is 85.6. The monoisotopic (exact) mass is 1210 g/mol. The van der Waals surface area contributed by atoms with Gasteiger partial charge in [-0.2, -0.15) is 0 Å². The van der Waals surface area contributed by atoms with E-state index in [2.05, 4.69) is 99.0 Å². The van der Waals surface area contributed by atoms with Crippen LogP contribution in [0.15, 0.2) is 85.1 Å². The average Bonchev–Trinajstić information content (AvgIpc) is 3.53. The summed E-state index contributed by atoms with van der Waals surface area (Å²) in [5.74, 6) is -0.538. The number of quaternary nitrogens is 1. The normalized spacial score (nSPS) is 14.0. The second-order valence-corrected chi connectivity index (χ2v) is 26.8. The third-order valence-corrected chi connectivity index (χ3v) is 16.8. The van der Waals surface area contributed by atoms with Crippen molar-refractivity contribution in [3.8, 4) is 0 Å². The third kappa shape index (κ3) is 65.5. The molecule has 3 atom stereocenters. The first-order chi connectivity index (χ1) is 41.4. The predicted octanol–water partition coefficient (Wildman–Crippen LogP) is 22.3. The van der Waals surface area contributed by atoms with Gasteiger partial charge in [-0.3, -0.25) is 14.2 Å². The Kier molecular flexibility index (Phi) is 62.1. The van der Waals surface area contributed by atoms with Gasteiger partial charge in [0, 0.05) is 12.8 Å². The SMILES string of the molecule is CC/C=C\C/C=C\C/C=C\C/C=C\C/C=C\CCCCCCCCCCCCCC(=O)NC(COP(=O)([O-])OCC[N+](C)(C)C)C(/C=C\CCCCCCCCCCCCC)OC(=O)CCCCCCCCCCC/C=C/CCCCCCCC. The van der Waals surface area contributed by atoms with Gasteiger partial charge in [-0.05, 0) is 102 Å². The van der Waals surface area contributed by atoms with Gasteiger partial charge in [0.1, 0.15) is 19.3 Å². The number of esters is 1. The molecule has 1 amide bonds. The molecule has 0 saturated carbocycles. The minimum atomic E-state index is -4.71. The van der Waals surface area contributed by atoms with Gasteiger partial charge in [0.2, 0.25) is 5.91 Å². The molecule has 0 bridgehead atoms. The Morgan fingerprint density at radius 1 is 0.424 bits per heavy atom. The molecule has 1 N–H and O–H groups in total. The van der Waals surface area contributed by atoms with Crippen molar-refractivity contribution < 1.29 is 37.3 Å². The van der Waals surface area contributed by atoms with E-state index in [0.29, 0.717) is 17.4 Å². The second-order valence-electron chi connectivity index (χ2n) is 25.4. The van der Waals surface area contributed by atoms with Crippen LogP contribution in [0.5, 0.6) is 0 Å². The molecule has 0 aromatic heterocycles. The summed E-state index contributed by atoms with van der Waals surface area (Å²) in [7, 11) is 1.18. The van der Waals surface area contributed by atoms with Crippen LogP contribution in [0, 0.1) is 0 Å². The third-order valence-electron chi connectivity index (χ3n) is 15.8. The Morgan fingerprint density at radius 2 is 0.753 bits per heavy atom. The van der Waals surface area contributed by atoms with E-state index in [4.69, 9.17) is 13.8 Å². The fraction of sp³-hybridized carbons (Fsp3) is 0.787. The Hall–Kier alpha value is -2.81. The van der Waals surface area contributed by atoms with Crippen molar-refractivity contribution in [2.24, 2.45) is 0 Å². The highest BCUT2D eigenvalue weighted by Crippen LogP contribution is 2.38. The minimum Gasteiger partial charge on any atom is -0.756 e. The summed E-state index contributed by atoms with van der Waals surface area (Å²) in [5.41, 5.74) is 0. The summed E-state index contributed by atoms with van der Waals surface area (Å²) >= 11 is 0. The molecule has 0 aliphatic carbocycles. The fourth-order valence-electron chi connectivity index (χ4n) is 10.3. The number of phosphoric ester groups is 1. The molecule has 0 fully saturated rings. The standard InChI is InChI=1S/C75H137N2O7P/c1-7-10-13-16-19-22-25-28-30-32-34-35-36-37-38-39-40-41-43-44-46-49-52-55-58-61-64-67-74(78)76-72(71-83-85(80,81)82-70-69-77(4,5)6)73(66-63-60-57-54-51-48-27-24-21-18-15-12-9-3)84-75(79)68-65-62-59-56-53-50-47-45-42-33-31-29-26-23-20-17-14-11-8-2/h10,13,19,22,28-31,34-35,37-38,63,66,72-73H,7-9,11-12,14-18,20-21,23-27,32-33,36,39-62,64-65,67-71H2,1-6H3,(H-,76,78,80,81)/b13-10-,22-19-,30-28-,31-29+,35-34-,38-37-,66-63-. The van der Waals surface area contributed by atoms with Gasteiger partial charge in [0.05, 0.1) is 33.8 Å². The predicted molar refractivity (Wildman–Crippen MR) is 367 cm³/mol. The molecule has 0 aromatic rings. The van der Waals surface area contributed by atoms with Gasteiger partial charge in [-0.15, -0.1) is 0 Å². The van der Waals surface area contributed by atoms with E-state index in [0.717, 1.165) is 103 Å². The number of phosphoric acid groups is 1. The molecule has 0 saturated heterocycles. The molecule has 9 nitrogen and oxygen atoms in total. The fourth-order valence-corrected chi connectivity index (χ4v) is 11.0. The maximum absolute atomic E-state index is 13.6. The van der Waals surface area contributed by atoms with E-state index in [1.165, 1.54) is 193 Å². The summed E-state index contributed by atoms with van der Waals surface area (Å²) in [6.45, 7) is 6.76. The molecule has 0 aliphatic rings. The maximum Gasteiger partial charge on any atom is 0.306 e. The molecule has 0 rings (SSSR count). The van der Waals surface area contributed by atoms with Crippen LogP contribution in [0.2, 0.25) is 0 Å². The highest BCUT2D eigenvalue weighted by Gasteiger charge is 2.27. The number of carbonyl (C=O) groups is 2. The van der Waals surface area contributed by atoms with Crippen LogP contribution in [0.25, 0.3) is 0 Å². The Bertz CT molecular complexity index is 1730. The Labute approximate surface area is 526 Å². The lowest BCUT2D eigenvalue weighted by atomic mass is 10.0. The number of hydrogen-bond acceptors (Lipinski definition) is 7. The van der Waals surface area contributed by atoms with E-state index >= 15 is 0 Å². The van der Waals surface area contributed by atoms with E-state index < -0.39 is 26.6 Å². The highest BCUT2D eigenvalue weighted by atomic mass is 31.2. The number of nitrogens with zero attached hydrogens (tertiary/aromatic N) is 1. The summed E-state index contributed by atoms with van der Waals surface area (Å²) < 4.78 is 30.5. The van der Waals surface area contributed by atoms with Crippen molar-refractivity contribution in [1.82, 2.24) is 5.32 Å².